The van der Waals surface area contributed by atoms with Gasteiger partial charge in [-0.05, 0) is 36.3 Å². The Hall–Kier alpha value is -2.69. The van der Waals surface area contributed by atoms with Gasteiger partial charge in [-0.25, -0.2) is 4.98 Å². The Morgan fingerprint density at radius 2 is 1.82 bits per heavy atom. The van der Waals surface area contributed by atoms with Crippen molar-refractivity contribution >= 4 is 11.7 Å². The zero-order chi connectivity index (χ0) is 19.8. The van der Waals surface area contributed by atoms with Crippen molar-refractivity contribution in [3.05, 3.63) is 59.3 Å². The quantitative estimate of drug-likeness (QED) is 0.596. The number of carbonyl (C=O) groups is 2. The first-order valence-electron chi connectivity index (χ1n) is 10.1. The van der Waals surface area contributed by atoms with Crippen molar-refractivity contribution in [2.75, 3.05) is 6.61 Å². The lowest BCUT2D eigenvalue weighted by Gasteiger charge is -2.07. The molecule has 0 atom stereocenters. The van der Waals surface area contributed by atoms with E-state index in [1.165, 1.54) is 18.4 Å². The maximum atomic E-state index is 12.2. The summed E-state index contributed by atoms with van der Waals surface area (Å²) in [5.41, 5.74) is 2.80. The number of amides is 1. The highest BCUT2D eigenvalue weighted by atomic mass is 16.5. The van der Waals surface area contributed by atoms with E-state index in [2.05, 4.69) is 17.2 Å². The summed E-state index contributed by atoms with van der Waals surface area (Å²) in [6, 6.07) is 11.4. The highest BCUT2D eigenvalue weighted by Crippen LogP contribution is 2.29. The van der Waals surface area contributed by atoms with Gasteiger partial charge >= 0.3 is 0 Å². The highest BCUT2D eigenvalue weighted by molar-refractivity contribution is 5.97. The second-order valence-corrected chi connectivity index (χ2v) is 7.41. The molecule has 1 N–H and O–H groups in total. The molecule has 2 aromatic rings. The smallest absolute Gasteiger partial charge is 0.220 e. The van der Waals surface area contributed by atoms with Gasteiger partial charge in [0.05, 0.1) is 6.61 Å². The lowest BCUT2D eigenvalue weighted by Crippen LogP contribution is -2.23. The van der Waals surface area contributed by atoms with E-state index in [1.807, 2.05) is 36.4 Å². The van der Waals surface area contributed by atoms with Gasteiger partial charge in [-0.3, -0.25) is 9.59 Å². The summed E-state index contributed by atoms with van der Waals surface area (Å²) in [7, 11) is 0. The molecule has 0 bridgehead atoms. The fraction of sp³-hybridized carbons (Fsp3) is 0.435. The Bertz CT molecular complexity index is 780. The third kappa shape index (κ3) is 6.48. The van der Waals surface area contributed by atoms with E-state index < -0.39 is 0 Å². The van der Waals surface area contributed by atoms with Crippen molar-refractivity contribution in [1.82, 2.24) is 10.3 Å². The fourth-order valence-corrected chi connectivity index (χ4v) is 2.90. The Kier molecular flexibility index (Phi) is 7.18. The van der Waals surface area contributed by atoms with Crippen LogP contribution in [0, 0.1) is 5.92 Å². The molecule has 1 aromatic carbocycles. The van der Waals surface area contributed by atoms with Crippen LogP contribution in [0.15, 0.2) is 42.6 Å². The lowest BCUT2D eigenvalue weighted by molar-refractivity contribution is -0.121. The third-order valence-corrected chi connectivity index (χ3v) is 4.84. The molecule has 1 aliphatic carbocycles. The Morgan fingerprint density at radius 1 is 1.07 bits per heavy atom. The van der Waals surface area contributed by atoms with Gasteiger partial charge in [0.1, 0.15) is 0 Å². The largest absolute Gasteiger partial charge is 0.477 e. The molecule has 1 heterocycles. The van der Waals surface area contributed by atoms with Gasteiger partial charge in [-0.15, -0.1) is 0 Å². The van der Waals surface area contributed by atoms with E-state index in [0.29, 0.717) is 23.9 Å². The van der Waals surface area contributed by atoms with Crippen molar-refractivity contribution in [2.45, 2.75) is 52.0 Å². The van der Waals surface area contributed by atoms with E-state index in [-0.39, 0.29) is 24.5 Å². The number of aromatic nitrogens is 1. The van der Waals surface area contributed by atoms with Crippen molar-refractivity contribution in [3.8, 4) is 5.88 Å². The molecule has 1 fully saturated rings. The zero-order valence-corrected chi connectivity index (χ0v) is 16.4. The number of rotatable bonds is 11. The predicted octanol–water partition coefficient (Wildman–Crippen LogP) is 4.10. The van der Waals surface area contributed by atoms with Gasteiger partial charge in [0.15, 0.2) is 5.78 Å². The molecular weight excluding hydrogens is 352 g/mol. The Labute approximate surface area is 166 Å². The second kappa shape index (κ2) is 10.0. The van der Waals surface area contributed by atoms with Gasteiger partial charge in [-0.1, -0.05) is 43.7 Å². The minimum absolute atomic E-state index is 0.00275. The first-order valence-corrected chi connectivity index (χ1v) is 10.1. The van der Waals surface area contributed by atoms with Crippen LogP contribution in [0.4, 0.5) is 0 Å². The number of hydrogen-bond donors (Lipinski definition) is 1. The molecule has 1 aromatic heterocycles. The van der Waals surface area contributed by atoms with Crippen molar-refractivity contribution in [3.63, 3.8) is 0 Å². The number of nitrogens with one attached hydrogen (secondary N) is 1. The van der Waals surface area contributed by atoms with Crippen LogP contribution in [0.3, 0.4) is 0 Å². The molecule has 28 heavy (non-hydrogen) atoms. The lowest BCUT2D eigenvalue weighted by atomic mass is 10.0. The average molecular weight is 380 g/mol. The summed E-state index contributed by atoms with van der Waals surface area (Å²) < 4.78 is 5.60. The normalized spacial score (nSPS) is 13.2. The number of aryl methyl sites for hydroxylation is 1. The zero-order valence-electron chi connectivity index (χ0n) is 16.4. The van der Waals surface area contributed by atoms with Crippen molar-refractivity contribution in [1.29, 1.82) is 0 Å². The van der Waals surface area contributed by atoms with Crippen LogP contribution < -0.4 is 10.1 Å². The van der Waals surface area contributed by atoms with Crippen LogP contribution in [0.2, 0.25) is 0 Å². The number of pyridine rings is 1. The van der Waals surface area contributed by atoms with Gasteiger partial charge in [0.25, 0.3) is 0 Å². The van der Waals surface area contributed by atoms with Crippen molar-refractivity contribution in [2.24, 2.45) is 5.92 Å². The third-order valence-electron chi connectivity index (χ3n) is 4.84. The molecule has 5 heteroatoms. The molecule has 1 saturated carbocycles. The van der Waals surface area contributed by atoms with Crippen LogP contribution in [0.1, 0.15) is 60.5 Å². The van der Waals surface area contributed by atoms with Gasteiger partial charge in [0, 0.05) is 37.2 Å². The van der Waals surface area contributed by atoms with E-state index >= 15 is 0 Å². The molecular formula is C23H28N2O3. The number of benzene rings is 1. The van der Waals surface area contributed by atoms with Gasteiger partial charge in [-0.2, -0.15) is 0 Å². The maximum absolute atomic E-state index is 12.2. The van der Waals surface area contributed by atoms with Gasteiger partial charge in [0.2, 0.25) is 11.8 Å². The summed E-state index contributed by atoms with van der Waals surface area (Å²) in [5.74, 6) is 1.18. The van der Waals surface area contributed by atoms with Gasteiger partial charge < -0.3 is 10.1 Å². The first kappa shape index (κ1) is 20.1. The van der Waals surface area contributed by atoms with Crippen LogP contribution in [-0.4, -0.2) is 23.3 Å². The molecule has 1 aliphatic rings. The van der Waals surface area contributed by atoms with E-state index in [4.69, 9.17) is 4.74 Å². The monoisotopic (exact) mass is 380 g/mol. The molecule has 5 nitrogen and oxygen atoms in total. The summed E-state index contributed by atoms with van der Waals surface area (Å²) in [6.07, 6.45) is 6.70. The van der Waals surface area contributed by atoms with Crippen LogP contribution in [0.5, 0.6) is 5.88 Å². The van der Waals surface area contributed by atoms with E-state index in [0.717, 1.165) is 25.0 Å². The minimum atomic E-state index is -0.134. The molecule has 0 unspecified atom stereocenters. The molecule has 0 saturated heterocycles. The average Bonchev–Trinajstić information content (AvgIpc) is 3.55. The number of Topliss-reactive ketones (excluding diaryl/α,β-unsaturated/α-hetero) is 1. The number of ether oxygens (including phenoxy) is 1. The standard InChI is InChI=1S/C23H28N2O3/c1-2-3-17-6-9-20(10-7-17)21(26)11-12-22(27)24-14-19-8-13-23(25-15-19)28-16-18-4-5-18/h6-10,13,15,18H,2-5,11-12,14,16H2,1H3,(H,24,27). The summed E-state index contributed by atoms with van der Waals surface area (Å²) >= 11 is 0. The van der Waals surface area contributed by atoms with Crippen LogP contribution in [-0.2, 0) is 17.8 Å². The Balaban J connectivity index is 1.37. The fourth-order valence-electron chi connectivity index (χ4n) is 2.90. The minimum Gasteiger partial charge on any atom is -0.477 e. The van der Waals surface area contributed by atoms with E-state index in [1.54, 1.807) is 6.20 Å². The van der Waals surface area contributed by atoms with Crippen LogP contribution >= 0.6 is 0 Å². The van der Waals surface area contributed by atoms with E-state index in [9.17, 15) is 9.59 Å². The maximum Gasteiger partial charge on any atom is 0.220 e. The summed E-state index contributed by atoms with van der Waals surface area (Å²) in [4.78, 5) is 28.5. The summed E-state index contributed by atoms with van der Waals surface area (Å²) in [6.45, 7) is 3.26. The number of carbonyl (C=O) groups excluding carboxylic acids is 2. The number of hydrogen-bond acceptors (Lipinski definition) is 4. The van der Waals surface area contributed by atoms with Crippen molar-refractivity contribution < 1.29 is 14.3 Å². The first-order chi connectivity index (χ1) is 13.6. The molecule has 148 valence electrons. The second-order valence-electron chi connectivity index (χ2n) is 7.41. The van der Waals surface area contributed by atoms with Crippen LogP contribution in [0.25, 0.3) is 0 Å². The topological polar surface area (TPSA) is 68.3 Å². The molecule has 0 aliphatic heterocycles. The molecule has 3 rings (SSSR count). The number of ketones is 1. The summed E-state index contributed by atoms with van der Waals surface area (Å²) in [5, 5.41) is 2.84. The highest BCUT2D eigenvalue weighted by Gasteiger charge is 2.22. The molecule has 0 spiro atoms. The SMILES string of the molecule is CCCc1ccc(C(=O)CCC(=O)NCc2ccc(OCC3CC3)nc2)cc1. The molecule has 0 radical (unpaired) electrons. The predicted molar refractivity (Wildman–Crippen MR) is 108 cm³/mol. The Morgan fingerprint density at radius 3 is 2.46 bits per heavy atom. The molecule has 1 amide bonds. The number of nitrogens with zero attached hydrogens (tertiary/aromatic N) is 1.